The van der Waals surface area contributed by atoms with E-state index in [4.69, 9.17) is 0 Å². The van der Waals surface area contributed by atoms with E-state index in [1.165, 1.54) is 24.3 Å². The highest BCUT2D eigenvalue weighted by molar-refractivity contribution is 7.90. The molecule has 0 bridgehead atoms. The fraction of sp³-hybridized carbons (Fsp3) is 0.235. The summed E-state index contributed by atoms with van der Waals surface area (Å²) >= 11 is 0. The highest BCUT2D eigenvalue weighted by atomic mass is 32.2. The molecule has 0 aliphatic carbocycles. The first-order valence-corrected chi connectivity index (χ1v) is 9.75. The van der Waals surface area contributed by atoms with Crippen molar-refractivity contribution in [3.63, 3.8) is 0 Å². The Labute approximate surface area is 155 Å². The first-order valence-electron chi connectivity index (χ1n) is 7.86. The van der Waals surface area contributed by atoms with Crippen LogP contribution in [-0.2, 0) is 9.84 Å². The summed E-state index contributed by atoms with van der Waals surface area (Å²) in [7, 11) is -3.57. The summed E-state index contributed by atoms with van der Waals surface area (Å²) in [5, 5.41) is 16.5. The van der Waals surface area contributed by atoms with Gasteiger partial charge in [-0.3, -0.25) is 14.9 Å². The number of hydrogen-bond donors (Lipinski definition) is 2. The molecule has 8 nitrogen and oxygen atoms in total. The van der Waals surface area contributed by atoms with Gasteiger partial charge in [-0.25, -0.2) is 12.8 Å². The summed E-state index contributed by atoms with van der Waals surface area (Å²) < 4.78 is 36.5. The molecule has 27 heavy (non-hydrogen) atoms. The smallest absolute Gasteiger partial charge is 0.293 e. The maximum absolute atomic E-state index is 13.5. The summed E-state index contributed by atoms with van der Waals surface area (Å²) in [6, 6.07) is 7.66. The maximum atomic E-state index is 13.5. The summed E-state index contributed by atoms with van der Waals surface area (Å²) in [4.78, 5) is 22.3. The van der Waals surface area contributed by atoms with Crippen LogP contribution in [-0.4, -0.2) is 38.6 Å². The molecule has 0 saturated heterocycles. The molecule has 0 heterocycles. The minimum atomic E-state index is -3.57. The Balaban J connectivity index is 1.99. The third-order valence-corrected chi connectivity index (χ3v) is 4.86. The topological polar surface area (TPSA) is 118 Å². The van der Waals surface area contributed by atoms with Crippen LogP contribution >= 0.6 is 0 Å². The number of carbonyl (C=O) groups excluding carboxylic acids is 1. The third kappa shape index (κ3) is 5.23. The van der Waals surface area contributed by atoms with E-state index >= 15 is 0 Å². The van der Waals surface area contributed by atoms with Gasteiger partial charge in [-0.05, 0) is 36.8 Å². The molecule has 0 aliphatic rings. The van der Waals surface area contributed by atoms with E-state index in [1.54, 1.807) is 6.92 Å². The van der Waals surface area contributed by atoms with Crippen molar-refractivity contribution in [2.24, 2.45) is 0 Å². The van der Waals surface area contributed by atoms with Crippen LogP contribution in [0.4, 0.5) is 15.8 Å². The lowest BCUT2D eigenvalue weighted by molar-refractivity contribution is -0.384. The zero-order chi connectivity index (χ0) is 20.2. The Kier molecular flexibility index (Phi) is 6.11. The van der Waals surface area contributed by atoms with Crippen molar-refractivity contribution in [2.45, 2.75) is 11.8 Å². The molecule has 2 N–H and O–H groups in total. The van der Waals surface area contributed by atoms with E-state index in [0.29, 0.717) is 5.56 Å². The van der Waals surface area contributed by atoms with Gasteiger partial charge in [0.1, 0.15) is 11.5 Å². The van der Waals surface area contributed by atoms with Crippen molar-refractivity contribution in [1.82, 2.24) is 5.32 Å². The number of anilines is 1. The van der Waals surface area contributed by atoms with Crippen molar-refractivity contribution in [3.05, 3.63) is 63.5 Å². The van der Waals surface area contributed by atoms with Gasteiger partial charge in [0.2, 0.25) is 0 Å². The van der Waals surface area contributed by atoms with Crippen molar-refractivity contribution in [2.75, 3.05) is 24.7 Å². The number of nitro groups is 1. The standard InChI is InChI=1S/C17H18FN3O5S/c1-11-3-4-12(9-14(11)18)17(22)20-8-7-19-15-6-5-13(27(2,25)26)10-16(15)21(23)24/h3-6,9-10,19H,7-8H2,1-2H3,(H,20,22). The number of benzene rings is 2. The fourth-order valence-electron chi connectivity index (χ4n) is 2.25. The SMILES string of the molecule is Cc1ccc(C(=O)NCCNc2ccc(S(C)(=O)=O)cc2[N+](=O)[O-])cc1F. The lowest BCUT2D eigenvalue weighted by Gasteiger charge is -2.10. The molecule has 0 aliphatic heterocycles. The van der Waals surface area contributed by atoms with Gasteiger partial charge in [-0.1, -0.05) is 6.07 Å². The zero-order valence-electron chi connectivity index (χ0n) is 14.7. The number of nitrogens with zero attached hydrogens (tertiary/aromatic N) is 1. The molecule has 0 spiro atoms. The molecule has 0 radical (unpaired) electrons. The lowest BCUT2D eigenvalue weighted by atomic mass is 10.1. The molecule has 0 atom stereocenters. The van der Waals surface area contributed by atoms with Crippen molar-refractivity contribution >= 4 is 27.1 Å². The van der Waals surface area contributed by atoms with Crippen LogP contribution in [0.5, 0.6) is 0 Å². The van der Waals surface area contributed by atoms with Gasteiger partial charge < -0.3 is 10.6 Å². The van der Waals surface area contributed by atoms with Gasteiger partial charge >= 0.3 is 0 Å². The quantitative estimate of drug-likeness (QED) is 0.422. The number of nitro benzene ring substituents is 1. The van der Waals surface area contributed by atoms with E-state index in [0.717, 1.165) is 18.4 Å². The normalized spacial score (nSPS) is 11.1. The van der Waals surface area contributed by atoms with Crippen molar-refractivity contribution in [3.8, 4) is 0 Å². The van der Waals surface area contributed by atoms with E-state index in [2.05, 4.69) is 10.6 Å². The maximum Gasteiger partial charge on any atom is 0.293 e. The first kappa shape index (κ1) is 20.3. The van der Waals surface area contributed by atoms with Crippen LogP contribution < -0.4 is 10.6 Å². The Morgan fingerprint density at radius 1 is 1.19 bits per heavy atom. The summed E-state index contributed by atoms with van der Waals surface area (Å²) in [6.07, 6.45) is 0.961. The summed E-state index contributed by atoms with van der Waals surface area (Å²) in [5.74, 6) is -0.958. The molecule has 144 valence electrons. The molecule has 2 aromatic rings. The number of halogens is 1. The van der Waals surface area contributed by atoms with Crippen LogP contribution in [0.15, 0.2) is 41.3 Å². The second-order valence-electron chi connectivity index (χ2n) is 5.85. The minimum absolute atomic E-state index is 0.124. The monoisotopic (exact) mass is 395 g/mol. The number of amides is 1. The molecular weight excluding hydrogens is 377 g/mol. The van der Waals surface area contributed by atoms with Gasteiger partial charge in [0.15, 0.2) is 9.84 Å². The van der Waals surface area contributed by atoms with Crippen LogP contribution in [0.3, 0.4) is 0 Å². The number of rotatable bonds is 7. The molecule has 1 amide bonds. The Bertz CT molecular complexity index is 992. The summed E-state index contributed by atoms with van der Waals surface area (Å²) in [5.41, 5.74) is 0.340. The Morgan fingerprint density at radius 2 is 1.89 bits per heavy atom. The van der Waals surface area contributed by atoms with Gasteiger partial charge in [-0.2, -0.15) is 0 Å². The molecule has 2 aromatic carbocycles. The summed E-state index contributed by atoms with van der Waals surface area (Å²) in [6.45, 7) is 1.86. The van der Waals surface area contributed by atoms with Crippen LogP contribution in [0.25, 0.3) is 0 Å². The number of carbonyl (C=O) groups is 1. The van der Waals surface area contributed by atoms with Crippen LogP contribution in [0.2, 0.25) is 0 Å². The van der Waals surface area contributed by atoms with E-state index in [1.807, 2.05) is 0 Å². The van der Waals surface area contributed by atoms with E-state index < -0.39 is 26.5 Å². The average Bonchev–Trinajstić information content (AvgIpc) is 2.59. The molecule has 0 unspecified atom stereocenters. The van der Waals surface area contributed by atoms with E-state index in [9.17, 15) is 27.7 Å². The molecule has 0 saturated carbocycles. The predicted molar refractivity (Wildman–Crippen MR) is 98.2 cm³/mol. The van der Waals surface area contributed by atoms with Gasteiger partial charge in [0.05, 0.1) is 9.82 Å². The fourth-order valence-corrected chi connectivity index (χ4v) is 2.89. The average molecular weight is 395 g/mol. The zero-order valence-corrected chi connectivity index (χ0v) is 15.5. The van der Waals surface area contributed by atoms with Crippen molar-refractivity contribution in [1.29, 1.82) is 0 Å². The molecule has 0 fully saturated rings. The second kappa shape index (κ2) is 8.12. The third-order valence-electron chi connectivity index (χ3n) is 3.75. The predicted octanol–water partition coefficient (Wildman–Crippen LogP) is 2.29. The van der Waals surface area contributed by atoms with E-state index in [-0.39, 0.29) is 34.9 Å². The largest absolute Gasteiger partial charge is 0.378 e. The number of sulfone groups is 1. The second-order valence-corrected chi connectivity index (χ2v) is 7.87. The molecule has 10 heteroatoms. The number of hydrogen-bond acceptors (Lipinski definition) is 6. The Hall–Kier alpha value is -3.01. The lowest BCUT2D eigenvalue weighted by Crippen LogP contribution is -2.29. The molecule has 2 rings (SSSR count). The first-order chi connectivity index (χ1) is 12.6. The van der Waals surface area contributed by atoms with Crippen molar-refractivity contribution < 1.29 is 22.5 Å². The minimum Gasteiger partial charge on any atom is -0.378 e. The van der Waals surface area contributed by atoms with Gasteiger partial charge in [-0.15, -0.1) is 0 Å². The molecular formula is C17H18FN3O5S. The van der Waals surface area contributed by atoms with Crippen LogP contribution in [0.1, 0.15) is 15.9 Å². The number of aryl methyl sites for hydroxylation is 1. The highest BCUT2D eigenvalue weighted by Crippen LogP contribution is 2.27. The highest BCUT2D eigenvalue weighted by Gasteiger charge is 2.18. The van der Waals surface area contributed by atoms with Crippen LogP contribution in [0, 0.1) is 22.9 Å². The Morgan fingerprint density at radius 3 is 2.48 bits per heavy atom. The van der Waals surface area contributed by atoms with Gasteiger partial charge in [0.25, 0.3) is 11.6 Å². The molecule has 0 aromatic heterocycles. The number of nitrogens with one attached hydrogen (secondary N) is 2. The van der Waals surface area contributed by atoms with Gasteiger partial charge in [0, 0.05) is 31.0 Å².